The van der Waals surface area contributed by atoms with Gasteiger partial charge in [0.05, 0.1) is 10.7 Å². The summed E-state index contributed by atoms with van der Waals surface area (Å²) >= 11 is 1.67. The highest BCUT2D eigenvalue weighted by molar-refractivity contribution is 7.09. The van der Waals surface area contributed by atoms with Gasteiger partial charge in [0.1, 0.15) is 0 Å². The zero-order chi connectivity index (χ0) is 20.1. The topological polar surface area (TPSA) is 62.3 Å². The summed E-state index contributed by atoms with van der Waals surface area (Å²) in [5.74, 6) is 0.489. The fraction of sp³-hybridized carbons (Fsp3) is 0.500. The van der Waals surface area contributed by atoms with Gasteiger partial charge in [-0.25, -0.2) is 4.98 Å². The van der Waals surface area contributed by atoms with Crippen LogP contribution in [0.2, 0.25) is 0 Å². The van der Waals surface area contributed by atoms with E-state index in [4.69, 9.17) is 4.98 Å². The van der Waals surface area contributed by atoms with Gasteiger partial charge in [0.2, 0.25) is 5.91 Å². The number of aromatic nitrogens is 1. The number of carbonyl (C=O) groups is 2. The fourth-order valence-corrected chi connectivity index (χ4v) is 4.37. The lowest BCUT2D eigenvalue weighted by molar-refractivity contribution is -0.123. The van der Waals surface area contributed by atoms with Crippen LogP contribution >= 0.6 is 11.3 Å². The van der Waals surface area contributed by atoms with Gasteiger partial charge < -0.3 is 10.2 Å². The lowest BCUT2D eigenvalue weighted by Gasteiger charge is -2.32. The Morgan fingerprint density at radius 1 is 1.29 bits per heavy atom. The van der Waals surface area contributed by atoms with E-state index in [1.54, 1.807) is 11.3 Å². The molecule has 3 rings (SSSR count). The summed E-state index contributed by atoms with van der Waals surface area (Å²) in [6.07, 6.45) is 2.81. The minimum atomic E-state index is 0.00489. The average Bonchev–Trinajstić information content (AvgIpc) is 3.17. The van der Waals surface area contributed by atoms with Crippen molar-refractivity contribution in [1.82, 2.24) is 15.2 Å². The Bertz CT molecular complexity index is 813. The summed E-state index contributed by atoms with van der Waals surface area (Å²) in [7, 11) is 0. The van der Waals surface area contributed by atoms with E-state index < -0.39 is 0 Å². The number of carbonyl (C=O) groups excluding carboxylic acids is 2. The van der Waals surface area contributed by atoms with Crippen LogP contribution in [0.5, 0.6) is 0 Å². The summed E-state index contributed by atoms with van der Waals surface area (Å²) < 4.78 is 0. The molecule has 0 saturated carbocycles. The Morgan fingerprint density at radius 3 is 2.75 bits per heavy atom. The van der Waals surface area contributed by atoms with Gasteiger partial charge in [-0.2, -0.15) is 0 Å². The van der Waals surface area contributed by atoms with Gasteiger partial charge in [-0.3, -0.25) is 9.59 Å². The molecule has 1 unspecified atom stereocenters. The van der Waals surface area contributed by atoms with Crippen molar-refractivity contribution in [1.29, 1.82) is 0 Å². The molecule has 6 heteroatoms. The van der Waals surface area contributed by atoms with Crippen molar-refractivity contribution >= 4 is 23.2 Å². The Kier molecular flexibility index (Phi) is 6.83. The predicted octanol–water partition coefficient (Wildman–Crippen LogP) is 3.79. The van der Waals surface area contributed by atoms with Gasteiger partial charge in [0.15, 0.2) is 0 Å². The van der Waals surface area contributed by atoms with Crippen molar-refractivity contribution in [2.45, 2.75) is 46.0 Å². The molecule has 1 fully saturated rings. The normalized spacial score (nSPS) is 17.0. The fourth-order valence-electron chi connectivity index (χ4n) is 3.38. The zero-order valence-electron chi connectivity index (χ0n) is 16.9. The minimum Gasteiger partial charge on any atom is -0.355 e. The molecule has 1 aliphatic rings. The van der Waals surface area contributed by atoms with Crippen LogP contribution in [0.15, 0.2) is 29.6 Å². The van der Waals surface area contributed by atoms with Crippen LogP contribution in [-0.4, -0.2) is 41.3 Å². The van der Waals surface area contributed by atoms with E-state index >= 15 is 0 Å². The van der Waals surface area contributed by atoms with Crippen LogP contribution in [0.1, 0.15) is 59.2 Å². The van der Waals surface area contributed by atoms with Crippen LogP contribution < -0.4 is 5.32 Å². The molecule has 1 aromatic heterocycles. The Hall–Kier alpha value is -2.21. The van der Waals surface area contributed by atoms with E-state index in [1.165, 1.54) is 0 Å². The number of nitrogens with zero attached hydrogens (tertiary/aromatic N) is 2. The van der Waals surface area contributed by atoms with Gasteiger partial charge in [-0.15, -0.1) is 11.3 Å². The van der Waals surface area contributed by atoms with Crippen molar-refractivity contribution in [3.63, 3.8) is 0 Å². The zero-order valence-corrected chi connectivity index (χ0v) is 17.7. The molecule has 1 aliphatic heterocycles. The molecule has 1 saturated heterocycles. The predicted molar refractivity (Wildman–Crippen MR) is 113 cm³/mol. The number of amides is 2. The highest BCUT2D eigenvalue weighted by Gasteiger charge is 2.27. The van der Waals surface area contributed by atoms with Crippen LogP contribution in [-0.2, 0) is 11.2 Å². The van der Waals surface area contributed by atoms with Crippen molar-refractivity contribution in [2.24, 2.45) is 5.92 Å². The first-order chi connectivity index (χ1) is 13.4. The van der Waals surface area contributed by atoms with E-state index in [0.717, 1.165) is 54.2 Å². The van der Waals surface area contributed by atoms with E-state index in [0.29, 0.717) is 12.5 Å². The molecule has 2 heterocycles. The molecule has 28 heavy (non-hydrogen) atoms. The maximum absolute atomic E-state index is 12.8. The van der Waals surface area contributed by atoms with E-state index in [-0.39, 0.29) is 17.7 Å². The average molecular weight is 400 g/mol. The van der Waals surface area contributed by atoms with Gasteiger partial charge >= 0.3 is 0 Å². The first-order valence-electron chi connectivity index (χ1n) is 10.0. The van der Waals surface area contributed by atoms with Gasteiger partial charge in [-0.05, 0) is 31.9 Å². The summed E-state index contributed by atoms with van der Waals surface area (Å²) in [4.78, 5) is 31.2. The second-order valence-corrected chi connectivity index (χ2v) is 8.72. The lowest BCUT2D eigenvalue weighted by Crippen LogP contribution is -2.39. The summed E-state index contributed by atoms with van der Waals surface area (Å²) in [5.41, 5.74) is 2.94. The number of hydrogen-bond acceptors (Lipinski definition) is 4. The number of thiazole rings is 1. The molecule has 1 atom stereocenters. The standard InChI is InChI=1S/C22H29N3O2S/c1-15(2)20(26)23-11-10-19-14-28-21(24-19)18-5-4-12-25(13-18)22(27)17-8-6-16(3)7-9-17/h6-9,14-15,18H,4-5,10-13H2,1-3H3,(H,23,26). The molecule has 5 nitrogen and oxygen atoms in total. The third-order valence-corrected chi connectivity index (χ3v) is 6.19. The van der Waals surface area contributed by atoms with Gasteiger partial charge in [-0.1, -0.05) is 31.5 Å². The molecule has 2 aromatic rings. The second kappa shape index (κ2) is 9.32. The maximum Gasteiger partial charge on any atom is 0.253 e. The highest BCUT2D eigenvalue weighted by Crippen LogP contribution is 2.30. The SMILES string of the molecule is Cc1ccc(C(=O)N2CCCC(c3nc(CCNC(=O)C(C)C)cs3)C2)cc1. The summed E-state index contributed by atoms with van der Waals surface area (Å²) in [6, 6.07) is 7.79. The summed E-state index contributed by atoms with van der Waals surface area (Å²) in [6.45, 7) is 7.96. The molecule has 150 valence electrons. The number of likely N-dealkylation sites (tertiary alicyclic amines) is 1. The van der Waals surface area contributed by atoms with E-state index in [1.807, 2.05) is 49.9 Å². The van der Waals surface area contributed by atoms with Gasteiger partial charge in [0.25, 0.3) is 5.91 Å². The Balaban J connectivity index is 1.57. The summed E-state index contributed by atoms with van der Waals surface area (Å²) in [5, 5.41) is 6.12. The number of piperidine rings is 1. The molecule has 2 amide bonds. The third-order valence-electron chi connectivity index (χ3n) is 5.13. The quantitative estimate of drug-likeness (QED) is 0.804. The highest BCUT2D eigenvalue weighted by atomic mass is 32.1. The van der Waals surface area contributed by atoms with Crippen LogP contribution in [0.25, 0.3) is 0 Å². The van der Waals surface area contributed by atoms with Crippen LogP contribution in [0, 0.1) is 12.8 Å². The van der Waals surface area contributed by atoms with Gasteiger partial charge in [0, 0.05) is 48.8 Å². The van der Waals surface area contributed by atoms with Crippen molar-refractivity contribution in [3.8, 4) is 0 Å². The van der Waals surface area contributed by atoms with Crippen molar-refractivity contribution < 1.29 is 9.59 Å². The number of aryl methyl sites for hydroxylation is 1. The molecule has 1 aromatic carbocycles. The Morgan fingerprint density at radius 2 is 2.04 bits per heavy atom. The second-order valence-electron chi connectivity index (χ2n) is 7.83. The molecular weight excluding hydrogens is 370 g/mol. The number of nitrogens with one attached hydrogen (secondary N) is 1. The molecule has 0 radical (unpaired) electrons. The minimum absolute atomic E-state index is 0.00489. The number of rotatable bonds is 6. The van der Waals surface area contributed by atoms with Crippen LogP contribution in [0.3, 0.4) is 0 Å². The lowest BCUT2D eigenvalue weighted by atomic mass is 9.98. The maximum atomic E-state index is 12.8. The number of hydrogen-bond donors (Lipinski definition) is 1. The van der Waals surface area contributed by atoms with E-state index in [2.05, 4.69) is 10.7 Å². The van der Waals surface area contributed by atoms with E-state index in [9.17, 15) is 9.59 Å². The molecule has 1 N–H and O–H groups in total. The van der Waals surface area contributed by atoms with Crippen LogP contribution in [0.4, 0.5) is 0 Å². The molecule has 0 spiro atoms. The molecule has 0 aliphatic carbocycles. The monoisotopic (exact) mass is 399 g/mol. The largest absolute Gasteiger partial charge is 0.355 e. The van der Waals surface area contributed by atoms with Crippen molar-refractivity contribution in [3.05, 3.63) is 51.5 Å². The first kappa shape index (κ1) is 20.5. The first-order valence-corrected chi connectivity index (χ1v) is 10.9. The number of benzene rings is 1. The van der Waals surface area contributed by atoms with Crippen molar-refractivity contribution in [2.75, 3.05) is 19.6 Å². The molecule has 0 bridgehead atoms. The third kappa shape index (κ3) is 5.19. The Labute approximate surface area is 171 Å². The molecular formula is C22H29N3O2S. The smallest absolute Gasteiger partial charge is 0.253 e.